The Bertz CT molecular complexity index is 715. The van der Waals surface area contributed by atoms with Crippen molar-refractivity contribution in [2.75, 3.05) is 25.9 Å². The van der Waals surface area contributed by atoms with Crippen LogP contribution in [0.3, 0.4) is 0 Å². The number of piperidine rings is 1. The quantitative estimate of drug-likeness (QED) is 0.762. The van der Waals surface area contributed by atoms with Crippen molar-refractivity contribution in [3.05, 3.63) is 28.8 Å². The number of ether oxygens (including phenoxy) is 1. The van der Waals surface area contributed by atoms with Crippen molar-refractivity contribution in [3.8, 4) is 5.75 Å². The molecule has 0 spiro atoms. The molecule has 1 atom stereocenters. The predicted octanol–water partition coefficient (Wildman–Crippen LogP) is 1.25. The molecule has 1 saturated heterocycles. The van der Waals surface area contributed by atoms with Gasteiger partial charge in [0.05, 0.1) is 17.4 Å². The molecular formula is C16H23ClN2O5S. The van der Waals surface area contributed by atoms with Crippen LogP contribution < -0.4 is 10.1 Å². The fourth-order valence-electron chi connectivity index (χ4n) is 2.54. The lowest BCUT2D eigenvalue weighted by Crippen LogP contribution is -2.41. The summed E-state index contributed by atoms with van der Waals surface area (Å²) >= 11 is 6.20. The number of rotatable bonds is 6. The molecule has 1 heterocycles. The van der Waals surface area contributed by atoms with Crippen LogP contribution in [0.4, 0.5) is 0 Å². The normalized spacial score (nSPS) is 17.9. The van der Waals surface area contributed by atoms with Crippen LogP contribution in [-0.2, 0) is 10.0 Å². The van der Waals surface area contributed by atoms with E-state index in [1.54, 1.807) is 19.1 Å². The number of nitrogens with zero attached hydrogens (tertiary/aromatic N) is 1. The molecular weight excluding hydrogens is 368 g/mol. The zero-order chi connectivity index (χ0) is 18.6. The fraction of sp³-hybridized carbons (Fsp3) is 0.562. The molecule has 1 fully saturated rings. The maximum Gasteiger partial charge on any atom is 0.251 e. The van der Waals surface area contributed by atoms with Crippen LogP contribution in [-0.4, -0.2) is 61.8 Å². The van der Waals surface area contributed by atoms with E-state index in [9.17, 15) is 18.3 Å². The lowest BCUT2D eigenvalue weighted by Gasteiger charge is -2.30. The smallest absolute Gasteiger partial charge is 0.251 e. The first-order chi connectivity index (χ1) is 11.7. The van der Waals surface area contributed by atoms with E-state index in [1.165, 1.54) is 16.6 Å². The van der Waals surface area contributed by atoms with Crippen molar-refractivity contribution in [1.82, 2.24) is 9.62 Å². The third-order valence-corrected chi connectivity index (χ3v) is 5.51. The molecule has 25 heavy (non-hydrogen) atoms. The van der Waals surface area contributed by atoms with E-state index in [2.05, 4.69) is 5.32 Å². The number of carbonyl (C=O) groups excluding carboxylic acids is 1. The van der Waals surface area contributed by atoms with Gasteiger partial charge in [-0.05, 0) is 38.0 Å². The zero-order valence-electron chi connectivity index (χ0n) is 14.2. The second-order valence-corrected chi connectivity index (χ2v) is 8.57. The third-order valence-electron chi connectivity index (χ3n) is 3.92. The molecule has 7 nitrogen and oxygen atoms in total. The van der Waals surface area contributed by atoms with E-state index in [4.69, 9.17) is 16.3 Å². The second kappa shape index (κ2) is 8.35. The van der Waals surface area contributed by atoms with E-state index in [0.29, 0.717) is 42.3 Å². The molecule has 0 aliphatic carbocycles. The van der Waals surface area contributed by atoms with Crippen LogP contribution in [0.5, 0.6) is 5.75 Å². The Morgan fingerprint density at radius 3 is 2.60 bits per heavy atom. The van der Waals surface area contributed by atoms with Crippen molar-refractivity contribution in [3.63, 3.8) is 0 Å². The number of carbonyl (C=O) groups is 1. The number of aliphatic hydroxyl groups excluding tert-OH is 1. The zero-order valence-corrected chi connectivity index (χ0v) is 15.8. The minimum Gasteiger partial charge on any atom is -0.489 e. The summed E-state index contributed by atoms with van der Waals surface area (Å²) in [5, 5.41) is 12.1. The van der Waals surface area contributed by atoms with E-state index < -0.39 is 16.1 Å². The van der Waals surface area contributed by atoms with Gasteiger partial charge < -0.3 is 15.2 Å². The van der Waals surface area contributed by atoms with Gasteiger partial charge in [0.25, 0.3) is 5.91 Å². The Balaban J connectivity index is 1.94. The van der Waals surface area contributed by atoms with Crippen molar-refractivity contribution in [2.45, 2.75) is 32.0 Å². The van der Waals surface area contributed by atoms with Crippen LogP contribution in [0, 0.1) is 0 Å². The number of hydrogen-bond donors (Lipinski definition) is 2. The highest BCUT2D eigenvalue weighted by Crippen LogP contribution is 2.28. The first kappa shape index (κ1) is 20.0. The molecule has 0 aromatic heterocycles. The van der Waals surface area contributed by atoms with Gasteiger partial charge >= 0.3 is 0 Å². The molecule has 1 aromatic rings. The van der Waals surface area contributed by atoms with E-state index in [0.717, 1.165) is 0 Å². The van der Waals surface area contributed by atoms with Gasteiger partial charge in [-0.25, -0.2) is 12.7 Å². The third kappa shape index (κ3) is 5.85. The minimum atomic E-state index is -3.17. The molecule has 0 unspecified atom stereocenters. The summed E-state index contributed by atoms with van der Waals surface area (Å²) in [5.74, 6) is 0.141. The Labute approximate surface area is 153 Å². The molecule has 1 aliphatic rings. The van der Waals surface area contributed by atoms with Crippen molar-refractivity contribution >= 4 is 27.5 Å². The topological polar surface area (TPSA) is 95.9 Å². The summed E-state index contributed by atoms with van der Waals surface area (Å²) in [7, 11) is -3.17. The lowest BCUT2D eigenvalue weighted by atomic mass is 10.1. The molecule has 1 aliphatic heterocycles. The Kier molecular flexibility index (Phi) is 6.67. The molecule has 1 amide bonds. The van der Waals surface area contributed by atoms with Gasteiger partial charge in [0.15, 0.2) is 0 Å². The highest BCUT2D eigenvalue weighted by atomic mass is 35.5. The van der Waals surface area contributed by atoms with Crippen LogP contribution in [0.25, 0.3) is 0 Å². The minimum absolute atomic E-state index is 0.120. The molecule has 0 saturated carbocycles. The predicted molar refractivity (Wildman–Crippen MR) is 95.5 cm³/mol. The van der Waals surface area contributed by atoms with Gasteiger partial charge in [-0.1, -0.05) is 11.6 Å². The van der Waals surface area contributed by atoms with Gasteiger partial charge in [0, 0.05) is 25.2 Å². The summed E-state index contributed by atoms with van der Waals surface area (Å²) in [6.45, 7) is 2.58. The number of aliphatic hydroxyl groups is 1. The van der Waals surface area contributed by atoms with Gasteiger partial charge in [-0.2, -0.15) is 0 Å². The summed E-state index contributed by atoms with van der Waals surface area (Å²) in [4.78, 5) is 11.9. The van der Waals surface area contributed by atoms with Gasteiger partial charge in [0.2, 0.25) is 10.0 Å². The van der Waals surface area contributed by atoms with Crippen LogP contribution in [0.15, 0.2) is 18.2 Å². The van der Waals surface area contributed by atoms with Crippen molar-refractivity contribution in [2.24, 2.45) is 0 Å². The first-order valence-electron chi connectivity index (χ1n) is 8.04. The number of amides is 1. The van der Waals surface area contributed by atoms with Gasteiger partial charge in [0.1, 0.15) is 11.9 Å². The van der Waals surface area contributed by atoms with Crippen molar-refractivity contribution in [1.29, 1.82) is 0 Å². The second-order valence-electron chi connectivity index (χ2n) is 6.18. The standard InChI is InChI=1S/C16H23ClN2O5S/c1-11(20)10-18-16(21)12-3-4-15(14(17)9-12)24-13-5-7-19(8-6-13)25(2,22)23/h3-4,9,11,13,20H,5-8,10H2,1-2H3,(H,18,21)/t11-/m1/s1. The summed E-state index contributed by atoms with van der Waals surface area (Å²) in [6.07, 6.45) is 1.62. The number of sulfonamides is 1. The van der Waals surface area contributed by atoms with Crippen LogP contribution >= 0.6 is 11.6 Å². The fourth-order valence-corrected chi connectivity index (χ4v) is 3.64. The Morgan fingerprint density at radius 2 is 2.08 bits per heavy atom. The molecule has 0 radical (unpaired) electrons. The van der Waals surface area contributed by atoms with Crippen molar-refractivity contribution < 1.29 is 23.1 Å². The maximum absolute atomic E-state index is 11.9. The summed E-state index contributed by atoms with van der Waals surface area (Å²) in [5.41, 5.74) is 0.380. The van der Waals surface area contributed by atoms with E-state index in [1.807, 2.05) is 0 Å². The average molecular weight is 391 g/mol. The molecule has 9 heteroatoms. The lowest BCUT2D eigenvalue weighted by molar-refractivity contribution is 0.0924. The van der Waals surface area contributed by atoms with Crippen LogP contribution in [0.2, 0.25) is 5.02 Å². The number of hydrogen-bond acceptors (Lipinski definition) is 5. The first-order valence-corrected chi connectivity index (χ1v) is 10.3. The number of halogens is 1. The molecule has 2 rings (SSSR count). The monoisotopic (exact) mass is 390 g/mol. The number of benzene rings is 1. The Morgan fingerprint density at radius 1 is 1.44 bits per heavy atom. The summed E-state index contributed by atoms with van der Waals surface area (Å²) < 4.78 is 30.3. The molecule has 2 N–H and O–H groups in total. The highest BCUT2D eigenvalue weighted by Gasteiger charge is 2.26. The largest absolute Gasteiger partial charge is 0.489 e. The molecule has 140 valence electrons. The average Bonchev–Trinajstić information content (AvgIpc) is 2.54. The van der Waals surface area contributed by atoms with Crippen LogP contribution in [0.1, 0.15) is 30.1 Å². The Hall–Kier alpha value is -1.35. The molecule has 1 aromatic carbocycles. The highest BCUT2D eigenvalue weighted by molar-refractivity contribution is 7.88. The summed E-state index contributed by atoms with van der Waals surface area (Å²) in [6, 6.07) is 4.74. The van der Waals surface area contributed by atoms with Gasteiger partial charge in [-0.15, -0.1) is 0 Å². The number of nitrogens with one attached hydrogen (secondary N) is 1. The molecule has 0 bridgehead atoms. The SMILES string of the molecule is C[C@@H](O)CNC(=O)c1ccc(OC2CCN(S(C)(=O)=O)CC2)c(Cl)c1. The van der Waals surface area contributed by atoms with Gasteiger partial charge in [-0.3, -0.25) is 4.79 Å². The van der Waals surface area contributed by atoms with E-state index >= 15 is 0 Å². The maximum atomic E-state index is 11.9. The van der Waals surface area contributed by atoms with E-state index in [-0.39, 0.29) is 18.6 Å².